The van der Waals surface area contributed by atoms with E-state index in [1.54, 1.807) is 16.9 Å². The molecule has 8 heteroatoms. The number of nitrogens with zero attached hydrogens (tertiary/aromatic N) is 3. The van der Waals surface area contributed by atoms with E-state index in [4.69, 9.17) is 4.74 Å². The Bertz CT molecular complexity index is 1550. The second-order valence-corrected chi connectivity index (χ2v) is 9.95. The largest absolute Gasteiger partial charge is 0.497 e. The molecular weight excluding hydrogens is 492 g/mol. The molecule has 3 aromatic carbocycles. The second-order valence-electron chi connectivity index (χ2n) is 9.95. The van der Waals surface area contributed by atoms with Crippen LogP contribution in [0.1, 0.15) is 33.9 Å². The van der Waals surface area contributed by atoms with Crippen LogP contribution in [0.25, 0.3) is 22.2 Å². The SMILES string of the molecule is COc1cccc(-c2[nH]c3ccccc3c2C2c3ccccc3C(=O)N2CCC(=O)N2CCN(C=O)CC2)c1. The maximum Gasteiger partial charge on any atom is 0.255 e. The van der Waals surface area contributed by atoms with Gasteiger partial charge in [-0.3, -0.25) is 14.4 Å². The molecule has 2 aliphatic heterocycles. The number of carbonyl (C=O) groups is 3. The normalized spacial score (nSPS) is 17.0. The third-order valence-electron chi connectivity index (χ3n) is 7.82. The molecule has 1 saturated heterocycles. The smallest absolute Gasteiger partial charge is 0.255 e. The van der Waals surface area contributed by atoms with Crippen molar-refractivity contribution in [2.45, 2.75) is 12.5 Å². The summed E-state index contributed by atoms with van der Waals surface area (Å²) in [5.41, 5.74) is 5.46. The van der Waals surface area contributed by atoms with Gasteiger partial charge in [0.2, 0.25) is 12.3 Å². The minimum Gasteiger partial charge on any atom is -0.497 e. The molecule has 198 valence electrons. The predicted octanol–water partition coefficient (Wildman–Crippen LogP) is 4.08. The fraction of sp³-hybridized carbons (Fsp3) is 0.258. The highest BCUT2D eigenvalue weighted by Crippen LogP contribution is 2.45. The van der Waals surface area contributed by atoms with Gasteiger partial charge in [-0.25, -0.2) is 0 Å². The van der Waals surface area contributed by atoms with Crippen molar-refractivity contribution in [3.05, 3.63) is 89.5 Å². The maximum atomic E-state index is 13.8. The van der Waals surface area contributed by atoms with Gasteiger partial charge in [0.1, 0.15) is 5.75 Å². The minimum atomic E-state index is -0.356. The summed E-state index contributed by atoms with van der Waals surface area (Å²) in [7, 11) is 1.65. The van der Waals surface area contributed by atoms with E-state index in [-0.39, 0.29) is 24.3 Å². The van der Waals surface area contributed by atoms with Gasteiger partial charge in [0.25, 0.3) is 5.91 Å². The van der Waals surface area contributed by atoms with E-state index in [2.05, 4.69) is 11.1 Å². The number of ether oxygens (including phenoxy) is 1. The number of aromatic nitrogens is 1. The summed E-state index contributed by atoms with van der Waals surface area (Å²) in [4.78, 5) is 46.9. The van der Waals surface area contributed by atoms with E-state index < -0.39 is 0 Å². The number of hydrogen-bond acceptors (Lipinski definition) is 4. The highest BCUT2D eigenvalue weighted by atomic mass is 16.5. The van der Waals surface area contributed by atoms with Crippen molar-refractivity contribution in [3.8, 4) is 17.0 Å². The molecule has 0 aliphatic carbocycles. The zero-order chi connectivity index (χ0) is 26.9. The molecule has 1 aromatic heterocycles. The van der Waals surface area contributed by atoms with Gasteiger partial charge in [0.05, 0.1) is 18.8 Å². The van der Waals surface area contributed by atoms with Crippen LogP contribution in [0.5, 0.6) is 5.75 Å². The molecule has 8 nitrogen and oxygen atoms in total. The molecule has 0 radical (unpaired) electrons. The first kappa shape index (κ1) is 24.7. The van der Waals surface area contributed by atoms with Crippen molar-refractivity contribution in [1.82, 2.24) is 19.7 Å². The average molecular weight is 523 g/mol. The number of piperazine rings is 1. The number of fused-ring (bicyclic) bond motifs is 2. The summed E-state index contributed by atoms with van der Waals surface area (Å²) in [5, 5.41) is 1.03. The third kappa shape index (κ3) is 4.41. The zero-order valence-electron chi connectivity index (χ0n) is 21.8. The van der Waals surface area contributed by atoms with Gasteiger partial charge >= 0.3 is 0 Å². The highest BCUT2D eigenvalue weighted by Gasteiger charge is 2.40. The summed E-state index contributed by atoms with van der Waals surface area (Å²) < 4.78 is 5.50. The van der Waals surface area contributed by atoms with E-state index in [0.29, 0.717) is 38.3 Å². The molecule has 0 bridgehead atoms. The van der Waals surface area contributed by atoms with E-state index in [0.717, 1.165) is 45.4 Å². The molecule has 3 heterocycles. The van der Waals surface area contributed by atoms with Crippen LogP contribution in [0.4, 0.5) is 0 Å². The maximum absolute atomic E-state index is 13.8. The lowest BCUT2D eigenvalue weighted by molar-refractivity contribution is -0.135. The number of nitrogens with one attached hydrogen (secondary N) is 1. The van der Waals surface area contributed by atoms with Crippen molar-refractivity contribution in [2.75, 3.05) is 39.8 Å². The number of carbonyl (C=O) groups excluding carboxylic acids is 3. The Morgan fingerprint density at radius 3 is 2.56 bits per heavy atom. The molecule has 6 rings (SSSR count). The zero-order valence-corrected chi connectivity index (χ0v) is 21.8. The summed E-state index contributed by atoms with van der Waals surface area (Å²) in [5.74, 6) is 0.670. The van der Waals surface area contributed by atoms with Gasteiger partial charge in [-0.15, -0.1) is 0 Å². The first-order chi connectivity index (χ1) is 19.1. The van der Waals surface area contributed by atoms with Crippen molar-refractivity contribution >= 4 is 29.1 Å². The predicted molar refractivity (Wildman–Crippen MR) is 148 cm³/mol. The molecule has 1 N–H and O–H groups in total. The second kappa shape index (κ2) is 10.3. The summed E-state index contributed by atoms with van der Waals surface area (Å²) >= 11 is 0. The average Bonchev–Trinajstić information content (AvgIpc) is 3.50. The monoisotopic (exact) mass is 522 g/mol. The lowest BCUT2D eigenvalue weighted by Crippen LogP contribution is -2.48. The Morgan fingerprint density at radius 1 is 1.00 bits per heavy atom. The fourth-order valence-corrected chi connectivity index (χ4v) is 5.82. The van der Waals surface area contributed by atoms with E-state index >= 15 is 0 Å². The topological polar surface area (TPSA) is 85.9 Å². The van der Waals surface area contributed by atoms with Crippen LogP contribution in [0.3, 0.4) is 0 Å². The summed E-state index contributed by atoms with van der Waals surface area (Å²) in [6.07, 6.45) is 1.04. The van der Waals surface area contributed by atoms with Crippen LogP contribution in [-0.4, -0.2) is 77.7 Å². The summed E-state index contributed by atoms with van der Waals surface area (Å²) in [6.45, 7) is 2.38. The standard InChI is InChI=1S/C31H30N4O4/c1-39-22-8-6-7-21(19-22)29-28(25-11-4-5-12-26(25)32-29)30-23-9-2-3-10-24(23)31(38)35(30)14-13-27(37)34-17-15-33(20-36)16-18-34/h2-12,19-20,30,32H,13-18H2,1H3. The Kier molecular flexibility index (Phi) is 6.52. The van der Waals surface area contributed by atoms with Gasteiger partial charge in [-0.1, -0.05) is 48.5 Å². The van der Waals surface area contributed by atoms with Crippen LogP contribution in [0.2, 0.25) is 0 Å². The minimum absolute atomic E-state index is 0.00463. The molecule has 0 spiro atoms. The van der Waals surface area contributed by atoms with Gasteiger partial charge in [-0.2, -0.15) is 0 Å². The number of amides is 3. The number of aromatic amines is 1. The molecule has 4 aromatic rings. The first-order valence-corrected chi connectivity index (χ1v) is 13.2. The van der Waals surface area contributed by atoms with E-state index in [1.165, 1.54) is 0 Å². The Balaban J connectivity index is 1.40. The molecule has 0 saturated carbocycles. The highest BCUT2D eigenvalue weighted by molar-refractivity contribution is 6.02. The number of H-pyrrole nitrogens is 1. The summed E-state index contributed by atoms with van der Waals surface area (Å²) in [6, 6.07) is 23.4. The van der Waals surface area contributed by atoms with Crippen molar-refractivity contribution in [3.63, 3.8) is 0 Å². The number of para-hydroxylation sites is 1. The number of hydrogen-bond donors (Lipinski definition) is 1. The first-order valence-electron chi connectivity index (χ1n) is 13.2. The molecule has 1 unspecified atom stereocenters. The van der Waals surface area contributed by atoms with Gasteiger partial charge < -0.3 is 24.4 Å². The molecule has 2 aliphatic rings. The fourth-order valence-electron chi connectivity index (χ4n) is 5.82. The van der Waals surface area contributed by atoms with Crippen LogP contribution in [0, 0.1) is 0 Å². The van der Waals surface area contributed by atoms with Gasteiger partial charge in [-0.05, 0) is 29.8 Å². The molecule has 1 atom stereocenters. The molecule has 1 fully saturated rings. The van der Waals surface area contributed by atoms with Gasteiger partial charge in [0.15, 0.2) is 0 Å². The number of methoxy groups -OCH3 is 1. The van der Waals surface area contributed by atoms with Crippen LogP contribution >= 0.6 is 0 Å². The van der Waals surface area contributed by atoms with E-state index in [9.17, 15) is 14.4 Å². The van der Waals surface area contributed by atoms with Crippen molar-refractivity contribution in [2.24, 2.45) is 0 Å². The lowest BCUT2D eigenvalue weighted by Gasteiger charge is -2.33. The number of benzene rings is 3. The Morgan fingerprint density at radius 2 is 1.77 bits per heavy atom. The number of rotatable bonds is 7. The Hall–Kier alpha value is -4.59. The van der Waals surface area contributed by atoms with Crippen LogP contribution in [-0.2, 0) is 9.59 Å². The van der Waals surface area contributed by atoms with E-state index in [1.807, 2.05) is 71.6 Å². The van der Waals surface area contributed by atoms with Crippen molar-refractivity contribution < 1.29 is 19.1 Å². The molecule has 39 heavy (non-hydrogen) atoms. The molecular formula is C31H30N4O4. The molecule has 3 amide bonds. The van der Waals surface area contributed by atoms with Crippen molar-refractivity contribution in [1.29, 1.82) is 0 Å². The quantitative estimate of drug-likeness (QED) is 0.371. The lowest BCUT2D eigenvalue weighted by atomic mass is 9.93. The van der Waals surface area contributed by atoms with Crippen LogP contribution in [0.15, 0.2) is 72.8 Å². The van der Waals surface area contributed by atoms with Crippen LogP contribution < -0.4 is 4.74 Å². The van der Waals surface area contributed by atoms with Gasteiger partial charge in [0, 0.05) is 66.7 Å². The third-order valence-corrected chi connectivity index (χ3v) is 7.82. The Labute approximate surface area is 226 Å².